The highest BCUT2D eigenvalue weighted by Gasteiger charge is 2.50. The van der Waals surface area contributed by atoms with Crippen LogP contribution in [0.2, 0.25) is 5.02 Å². The van der Waals surface area contributed by atoms with Crippen LogP contribution in [-0.2, 0) is 14.3 Å². The van der Waals surface area contributed by atoms with Gasteiger partial charge in [0.05, 0.1) is 12.5 Å². The first kappa shape index (κ1) is 22.6. The number of β-lactam (4-membered cyclic amide) rings is 1. The molecule has 2 unspecified atom stereocenters. The van der Waals surface area contributed by atoms with Gasteiger partial charge in [-0.2, -0.15) is 0 Å². The fourth-order valence-electron chi connectivity index (χ4n) is 3.52. The van der Waals surface area contributed by atoms with Gasteiger partial charge in [0, 0.05) is 16.8 Å². The minimum Gasteiger partial charge on any atom is -0.494 e. The predicted molar refractivity (Wildman–Crippen MR) is 124 cm³/mol. The largest absolute Gasteiger partial charge is 0.494 e. The van der Waals surface area contributed by atoms with Crippen molar-refractivity contribution >= 4 is 35.2 Å². The zero-order chi connectivity index (χ0) is 23.2. The third-order valence-corrected chi connectivity index (χ3v) is 5.47. The zero-order valence-electron chi connectivity index (χ0n) is 17.6. The topological polar surface area (TPSA) is 55.8 Å². The molecule has 1 fully saturated rings. The van der Waals surface area contributed by atoms with E-state index in [9.17, 15) is 14.0 Å². The van der Waals surface area contributed by atoms with Gasteiger partial charge in [0.2, 0.25) is 5.91 Å². The van der Waals surface area contributed by atoms with Crippen molar-refractivity contribution in [2.24, 2.45) is 5.92 Å². The quantitative estimate of drug-likeness (QED) is 0.250. The monoisotopic (exact) mass is 465 g/mol. The van der Waals surface area contributed by atoms with Crippen molar-refractivity contribution in [3.05, 3.63) is 101 Å². The SMILES string of the molecule is O=C(C=Cc1ccccc1)OC1C(CCOc2ccc(F)cc2)C(=O)N1c1ccc(Cl)cc1. The van der Waals surface area contributed by atoms with E-state index in [1.165, 1.54) is 35.2 Å². The van der Waals surface area contributed by atoms with Crippen molar-refractivity contribution in [3.8, 4) is 5.75 Å². The van der Waals surface area contributed by atoms with E-state index in [0.29, 0.717) is 22.9 Å². The molecular formula is C26H21ClFNO4. The lowest BCUT2D eigenvalue weighted by atomic mass is 9.91. The number of carbonyl (C=O) groups excluding carboxylic acids is 2. The number of amides is 1. The Balaban J connectivity index is 1.44. The average Bonchev–Trinajstić information content (AvgIpc) is 2.83. The Kier molecular flexibility index (Phi) is 7.05. The molecule has 0 aromatic heterocycles. The van der Waals surface area contributed by atoms with Crippen LogP contribution in [0.5, 0.6) is 5.75 Å². The standard InChI is InChI=1S/C26H21ClFNO4/c27-19-7-11-21(12-8-19)29-25(31)23(16-17-32-22-13-9-20(28)10-14-22)26(29)33-24(30)15-6-18-4-2-1-3-5-18/h1-15,23,26H,16-17H2. The van der Waals surface area contributed by atoms with E-state index in [4.69, 9.17) is 21.1 Å². The van der Waals surface area contributed by atoms with Gasteiger partial charge in [-0.15, -0.1) is 0 Å². The second-order valence-corrected chi connectivity index (χ2v) is 7.89. The molecule has 0 aliphatic carbocycles. The van der Waals surface area contributed by atoms with Crippen molar-refractivity contribution in [1.29, 1.82) is 0 Å². The van der Waals surface area contributed by atoms with Gasteiger partial charge in [-0.3, -0.25) is 9.69 Å². The molecule has 1 aliphatic heterocycles. The third kappa shape index (κ3) is 5.59. The first-order valence-electron chi connectivity index (χ1n) is 10.4. The fourth-order valence-corrected chi connectivity index (χ4v) is 3.65. The molecule has 5 nitrogen and oxygen atoms in total. The summed E-state index contributed by atoms with van der Waals surface area (Å²) in [6.07, 6.45) is 2.55. The number of hydrogen-bond donors (Lipinski definition) is 0. The summed E-state index contributed by atoms with van der Waals surface area (Å²) in [5.74, 6) is -1.15. The van der Waals surface area contributed by atoms with Crippen LogP contribution in [0, 0.1) is 11.7 Å². The molecule has 0 saturated carbocycles. The van der Waals surface area contributed by atoms with Crippen molar-refractivity contribution in [3.63, 3.8) is 0 Å². The van der Waals surface area contributed by atoms with Crippen LogP contribution in [0.1, 0.15) is 12.0 Å². The first-order chi connectivity index (χ1) is 16.0. The molecule has 0 bridgehead atoms. The minimum atomic E-state index is -0.775. The van der Waals surface area contributed by atoms with Gasteiger partial charge in [-0.1, -0.05) is 41.9 Å². The molecule has 0 spiro atoms. The minimum absolute atomic E-state index is 0.176. The summed E-state index contributed by atoms with van der Waals surface area (Å²) in [5.41, 5.74) is 1.45. The van der Waals surface area contributed by atoms with Gasteiger partial charge in [0.1, 0.15) is 11.6 Å². The van der Waals surface area contributed by atoms with Crippen LogP contribution in [0.3, 0.4) is 0 Å². The van der Waals surface area contributed by atoms with Crippen molar-refractivity contribution in [2.45, 2.75) is 12.6 Å². The molecule has 4 rings (SSSR count). The van der Waals surface area contributed by atoms with Crippen LogP contribution in [-0.4, -0.2) is 24.7 Å². The van der Waals surface area contributed by atoms with Crippen molar-refractivity contribution in [2.75, 3.05) is 11.5 Å². The Morgan fingerprint density at radius 1 is 1.00 bits per heavy atom. The summed E-state index contributed by atoms with van der Waals surface area (Å²) < 4.78 is 24.3. The maximum atomic E-state index is 13.1. The molecule has 0 radical (unpaired) electrons. The summed E-state index contributed by atoms with van der Waals surface area (Å²) >= 11 is 5.96. The van der Waals surface area contributed by atoms with Gasteiger partial charge in [0.15, 0.2) is 6.23 Å². The Morgan fingerprint density at radius 2 is 1.70 bits per heavy atom. The molecule has 3 aromatic rings. The van der Waals surface area contributed by atoms with Gasteiger partial charge in [0.25, 0.3) is 0 Å². The Hall–Kier alpha value is -3.64. The van der Waals surface area contributed by atoms with E-state index in [1.54, 1.807) is 30.3 Å². The van der Waals surface area contributed by atoms with Crippen molar-refractivity contribution < 1.29 is 23.5 Å². The smallest absolute Gasteiger partial charge is 0.332 e. The van der Waals surface area contributed by atoms with Crippen LogP contribution in [0.25, 0.3) is 6.08 Å². The molecular weight excluding hydrogens is 445 g/mol. The summed E-state index contributed by atoms with van der Waals surface area (Å²) in [6.45, 7) is 0.213. The second-order valence-electron chi connectivity index (χ2n) is 7.45. The molecule has 1 aliphatic rings. The summed E-state index contributed by atoms with van der Waals surface area (Å²) in [6, 6.07) is 21.7. The number of carbonyl (C=O) groups is 2. The number of anilines is 1. The average molecular weight is 466 g/mol. The maximum absolute atomic E-state index is 13.1. The highest BCUT2D eigenvalue weighted by Crippen LogP contribution is 2.36. The fraction of sp³-hybridized carbons (Fsp3) is 0.154. The predicted octanol–water partition coefficient (Wildman–Crippen LogP) is 5.49. The van der Waals surface area contributed by atoms with E-state index in [2.05, 4.69) is 0 Å². The lowest BCUT2D eigenvalue weighted by Gasteiger charge is -2.45. The third-order valence-electron chi connectivity index (χ3n) is 5.22. The molecule has 1 amide bonds. The molecule has 1 saturated heterocycles. The molecule has 0 N–H and O–H groups in total. The number of halogens is 2. The second kappa shape index (κ2) is 10.3. The molecule has 1 heterocycles. The highest BCUT2D eigenvalue weighted by molar-refractivity contribution is 6.30. The summed E-state index contributed by atoms with van der Waals surface area (Å²) in [5, 5.41) is 0.537. The van der Waals surface area contributed by atoms with Crippen LogP contribution < -0.4 is 9.64 Å². The van der Waals surface area contributed by atoms with Gasteiger partial charge < -0.3 is 9.47 Å². The lowest BCUT2D eigenvalue weighted by molar-refractivity contribution is -0.159. The van der Waals surface area contributed by atoms with E-state index in [0.717, 1.165) is 5.56 Å². The number of hydrogen-bond acceptors (Lipinski definition) is 4. The Labute approximate surface area is 196 Å². The normalized spacial score (nSPS) is 17.6. The molecule has 3 aromatic carbocycles. The number of esters is 1. The van der Waals surface area contributed by atoms with E-state index >= 15 is 0 Å². The van der Waals surface area contributed by atoms with Crippen LogP contribution >= 0.6 is 11.6 Å². The van der Waals surface area contributed by atoms with Crippen LogP contribution in [0.15, 0.2) is 84.9 Å². The molecule has 7 heteroatoms. The highest BCUT2D eigenvalue weighted by atomic mass is 35.5. The number of benzene rings is 3. The van der Waals surface area contributed by atoms with Gasteiger partial charge in [-0.25, -0.2) is 9.18 Å². The maximum Gasteiger partial charge on any atom is 0.332 e. The van der Waals surface area contributed by atoms with Crippen LogP contribution in [0.4, 0.5) is 10.1 Å². The van der Waals surface area contributed by atoms with Gasteiger partial charge >= 0.3 is 5.97 Å². The summed E-state index contributed by atoms with van der Waals surface area (Å²) in [4.78, 5) is 26.8. The van der Waals surface area contributed by atoms with E-state index in [-0.39, 0.29) is 18.3 Å². The summed E-state index contributed by atoms with van der Waals surface area (Å²) in [7, 11) is 0. The zero-order valence-corrected chi connectivity index (χ0v) is 18.3. The van der Waals surface area contributed by atoms with Crippen molar-refractivity contribution in [1.82, 2.24) is 0 Å². The van der Waals surface area contributed by atoms with Gasteiger partial charge in [-0.05, 0) is 66.6 Å². The molecule has 2 atom stereocenters. The number of nitrogens with zero attached hydrogens (tertiary/aromatic N) is 1. The molecule has 168 valence electrons. The molecule has 33 heavy (non-hydrogen) atoms. The lowest BCUT2D eigenvalue weighted by Crippen LogP contribution is -2.63. The van der Waals surface area contributed by atoms with E-state index in [1.807, 2.05) is 30.3 Å². The Morgan fingerprint density at radius 3 is 2.39 bits per heavy atom. The first-order valence-corrected chi connectivity index (χ1v) is 10.8. The Bertz CT molecular complexity index is 1130. The number of rotatable bonds is 8. The van der Waals surface area contributed by atoms with E-state index < -0.39 is 18.1 Å². The number of ether oxygens (including phenoxy) is 2.